The average Bonchev–Trinajstić information content (AvgIpc) is 2.26. The first kappa shape index (κ1) is 12.7. The molecule has 1 heterocycles. The number of carbonyl (C=O) groups is 1. The molecule has 0 aliphatic carbocycles. The Kier molecular flexibility index (Phi) is 5.00. The second kappa shape index (κ2) is 6.29. The minimum Gasteiger partial charge on any atom is -0.462 e. The molecule has 1 saturated heterocycles. The maximum Gasteiger partial charge on any atom is 0.348 e. The lowest BCUT2D eigenvalue weighted by molar-refractivity contribution is -0.138. The Morgan fingerprint density at radius 1 is 1.69 bits per heavy atom. The second-order valence-electron chi connectivity index (χ2n) is 4.08. The topological polar surface area (TPSA) is 53.3 Å². The van der Waals surface area contributed by atoms with Crippen LogP contribution in [0.3, 0.4) is 0 Å². The highest BCUT2D eigenvalue weighted by Gasteiger charge is 2.18. The van der Waals surface area contributed by atoms with Crippen molar-refractivity contribution in [2.75, 3.05) is 26.7 Å². The van der Waals surface area contributed by atoms with Crippen LogP contribution in [0, 0.1) is 17.2 Å². The average molecular weight is 222 g/mol. The third-order valence-corrected chi connectivity index (χ3v) is 2.68. The van der Waals surface area contributed by atoms with Gasteiger partial charge in [0.15, 0.2) is 0 Å². The van der Waals surface area contributed by atoms with Crippen molar-refractivity contribution in [3.63, 3.8) is 0 Å². The molecule has 1 rings (SSSR count). The van der Waals surface area contributed by atoms with Crippen LogP contribution >= 0.6 is 0 Å². The highest BCUT2D eigenvalue weighted by atomic mass is 16.5. The molecule has 1 aliphatic rings. The van der Waals surface area contributed by atoms with E-state index < -0.39 is 5.97 Å². The Morgan fingerprint density at radius 3 is 3.00 bits per heavy atom. The largest absolute Gasteiger partial charge is 0.462 e. The minimum absolute atomic E-state index is 0.141. The number of piperidine rings is 1. The Hall–Kier alpha value is -1.34. The number of esters is 1. The summed E-state index contributed by atoms with van der Waals surface area (Å²) < 4.78 is 4.82. The van der Waals surface area contributed by atoms with E-state index in [4.69, 9.17) is 10.00 Å². The van der Waals surface area contributed by atoms with Gasteiger partial charge in [-0.05, 0) is 39.3 Å². The quantitative estimate of drug-likeness (QED) is 0.411. The van der Waals surface area contributed by atoms with Crippen molar-refractivity contribution < 1.29 is 9.53 Å². The van der Waals surface area contributed by atoms with E-state index in [0.29, 0.717) is 6.61 Å². The van der Waals surface area contributed by atoms with Crippen LogP contribution in [0.1, 0.15) is 19.8 Å². The number of likely N-dealkylation sites (tertiary alicyclic amines) is 1. The number of ether oxygens (including phenoxy) is 1. The van der Waals surface area contributed by atoms with Crippen LogP contribution in [0.2, 0.25) is 0 Å². The van der Waals surface area contributed by atoms with E-state index in [2.05, 4.69) is 11.9 Å². The molecular weight excluding hydrogens is 204 g/mol. The van der Waals surface area contributed by atoms with E-state index in [0.717, 1.165) is 25.9 Å². The van der Waals surface area contributed by atoms with E-state index in [1.807, 2.05) is 6.07 Å². The molecule has 0 aromatic rings. The molecular formula is C12H18N2O2. The molecule has 0 aromatic carbocycles. The van der Waals surface area contributed by atoms with Crippen molar-refractivity contribution >= 4 is 5.97 Å². The van der Waals surface area contributed by atoms with Crippen molar-refractivity contribution in [2.24, 2.45) is 5.92 Å². The molecule has 16 heavy (non-hydrogen) atoms. The molecule has 0 unspecified atom stereocenters. The Balaban J connectivity index is 2.64. The summed E-state index contributed by atoms with van der Waals surface area (Å²) in [6, 6.07) is 1.92. The van der Waals surface area contributed by atoms with Gasteiger partial charge in [-0.2, -0.15) is 5.26 Å². The monoisotopic (exact) mass is 222 g/mol. The van der Waals surface area contributed by atoms with E-state index in [1.165, 1.54) is 0 Å². The molecule has 4 nitrogen and oxygen atoms in total. The zero-order chi connectivity index (χ0) is 12.0. The third-order valence-electron chi connectivity index (χ3n) is 2.68. The zero-order valence-corrected chi connectivity index (χ0v) is 9.90. The standard InChI is InChI=1S/C12H18N2O2/c1-3-16-12(15)11(8-13)7-10-5-4-6-14(2)9-10/h7,10H,3-6,9H2,1-2H3/b11-7+/t10-/m0/s1. The predicted octanol–water partition coefficient (Wildman–Crippen LogP) is 1.34. The van der Waals surface area contributed by atoms with Crippen molar-refractivity contribution in [1.29, 1.82) is 5.26 Å². The first-order chi connectivity index (χ1) is 7.67. The lowest BCUT2D eigenvalue weighted by atomic mass is 9.96. The van der Waals surface area contributed by atoms with E-state index in [-0.39, 0.29) is 11.5 Å². The number of hydrogen-bond acceptors (Lipinski definition) is 4. The second-order valence-corrected chi connectivity index (χ2v) is 4.08. The van der Waals surface area contributed by atoms with Gasteiger partial charge in [0.05, 0.1) is 6.61 Å². The van der Waals surface area contributed by atoms with Gasteiger partial charge in [0, 0.05) is 6.54 Å². The highest BCUT2D eigenvalue weighted by Crippen LogP contribution is 2.18. The van der Waals surface area contributed by atoms with Gasteiger partial charge in [-0.25, -0.2) is 4.79 Å². The molecule has 0 aromatic heterocycles. The Labute approximate surface area is 96.5 Å². The number of nitrogens with zero attached hydrogens (tertiary/aromatic N) is 2. The molecule has 0 radical (unpaired) electrons. The summed E-state index contributed by atoms with van der Waals surface area (Å²) in [7, 11) is 2.05. The molecule has 0 bridgehead atoms. The number of carbonyl (C=O) groups excluding carboxylic acids is 1. The fourth-order valence-electron chi connectivity index (χ4n) is 1.94. The molecule has 1 atom stereocenters. The third kappa shape index (κ3) is 3.67. The van der Waals surface area contributed by atoms with Crippen LogP contribution in [0.5, 0.6) is 0 Å². The normalized spacial score (nSPS) is 22.6. The molecule has 0 spiro atoms. The number of hydrogen-bond donors (Lipinski definition) is 0. The van der Waals surface area contributed by atoms with Crippen molar-refractivity contribution in [2.45, 2.75) is 19.8 Å². The summed E-state index contributed by atoms with van der Waals surface area (Å²) in [4.78, 5) is 13.6. The summed E-state index contributed by atoms with van der Waals surface area (Å²) in [6.07, 6.45) is 3.90. The molecule has 1 aliphatic heterocycles. The SMILES string of the molecule is CCOC(=O)/C(C#N)=C/[C@@H]1CCCN(C)C1. The van der Waals surface area contributed by atoms with Crippen LogP contribution in [0.25, 0.3) is 0 Å². The van der Waals surface area contributed by atoms with Crippen LogP contribution in [0.15, 0.2) is 11.6 Å². The molecule has 1 fully saturated rings. The summed E-state index contributed by atoms with van der Waals surface area (Å²) in [6.45, 7) is 4.04. The first-order valence-corrected chi connectivity index (χ1v) is 5.65. The van der Waals surface area contributed by atoms with Gasteiger partial charge in [0.25, 0.3) is 0 Å². The summed E-state index contributed by atoms with van der Waals surface area (Å²) in [5, 5.41) is 8.89. The highest BCUT2D eigenvalue weighted by molar-refractivity contribution is 5.92. The number of nitriles is 1. The summed E-state index contributed by atoms with van der Waals surface area (Å²) in [5.74, 6) is -0.212. The van der Waals surface area contributed by atoms with Gasteiger partial charge in [-0.15, -0.1) is 0 Å². The van der Waals surface area contributed by atoms with Crippen LogP contribution in [-0.4, -0.2) is 37.6 Å². The van der Waals surface area contributed by atoms with Crippen molar-refractivity contribution in [1.82, 2.24) is 4.90 Å². The molecule has 4 heteroatoms. The summed E-state index contributed by atoms with van der Waals surface area (Å²) >= 11 is 0. The van der Waals surface area contributed by atoms with Crippen LogP contribution in [0.4, 0.5) is 0 Å². The van der Waals surface area contributed by atoms with Crippen molar-refractivity contribution in [3.05, 3.63) is 11.6 Å². The Bertz CT molecular complexity index is 317. The smallest absolute Gasteiger partial charge is 0.348 e. The minimum atomic E-state index is -0.502. The first-order valence-electron chi connectivity index (χ1n) is 5.65. The van der Waals surface area contributed by atoms with E-state index in [1.54, 1.807) is 13.0 Å². The lowest BCUT2D eigenvalue weighted by Crippen LogP contribution is -2.31. The van der Waals surface area contributed by atoms with Gasteiger partial charge >= 0.3 is 5.97 Å². The van der Waals surface area contributed by atoms with Gasteiger partial charge in [-0.3, -0.25) is 0 Å². The number of rotatable bonds is 3. The maximum atomic E-state index is 11.4. The molecule has 0 N–H and O–H groups in total. The van der Waals surface area contributed by atoms with Crippen molar-refractivity contribution in [3.8, 4) is 6.07 Å². The van der Waals surface area contributed by atoms with E-state index >= 15 is 0 Å². The predicted molar refractivity (Wildman–Crippen MR) is 60.6 cm³/mol. The van der Waals surface area contributed by atoms with Gasteiger partial charge < -0.3 is 9.64 Å². The van der Waals surface area contributed by atoms with Gasteiger partial charge in [0.1, 0.15) is 11.6 Å². The Morgan fingerprint density at radius 2 is 2.44 bits per heavy atom. The van der Waals surface area contributed by atoms with Gasteiger partial charge in [0.2, 0.25) is 0 Å². The molecule has 0 amide bonds. The molecule has 0 saturated carbocycles. The lowest BCUT2D eigenvalue weighted by Gasteiger charge is -2.27. The van der Waals surface area contributed by atoms with Crippen LogP contribution in [-0.2, 0) is 9.53 Å². The summed E-state index contributed by atoms with van der Waals surface area (Å²) in [5.41, 5.74) is 0.141. The van der Waals surface area contributed by atoms with Gasteiger partial charge in [-0.1, -0.05) is 6.08 Å². The fraction of sp³-hybridized carbons (Fsp3) is 0.667. The van der Waals surface area contributed by atoms with Crippen LogP contribution < -0.4 is 0 Å². The zero-order valence-electron chi connectivity index (χ0n) is 9.90. The fourth-order valence-corrected chi connectivity index (χ4v) is 1.94. The maximum absolute atomic E-state index is 11.4. The molecule has 88 valence electrons. The van der Waals surface area contributed by atoms with E-state index in [9.17, 15) is 4.79 Å².